The van der Waals surface area contributed by atoms with E-state index < -0.39 is 18.6 Å². The molecule has 9 heteroatoms. The first-order valence-electron chi connectivity index (χ1n) is 8.98. The van der Waals surface area contributed by atoms with Gasteiger partial charge in [-0.1, -0.05) is 18.2 Å². The van der Waals surface area contributed by atoms with E-state index in [2.05, 4.69) is 0 Å². The lowest BCUT2D eigenvalue weighted by Gasteiger charge is -2.15. The average molecular weight is 420 g/mol. The van der Waals surface area contributed by atoms with Gasteiger partial charge in [-0.25, -0.2) is 0 Å². The lowest BCUT2D eigenvalue weighted by Crippen LogP contribution is -2.33. The normalized spacial score (nSPS) is 12.8. The van der Waals surface area contributed by atoms with Gasteiger partial charge in [0.25, 0.3) is 5.91 Å². The van der Waals surface area contributed by atoms with E-state index in [0.29, 0.717) is 11.5 Å². The van der Waals surface area contributed by atoms with Gasteiger partial charge in [-0.15, -0.1) is 0 Å². The summed E-state index contributed by atoms with van der Waals surface area (Å²) in [6.07, 6.45) is -1.38. The summed E-state index contributed by atoms with van der Waals surface area (Å²) in [5.74, 6) is 0.234. The Morgan fingerprint density at radius 2 is 1.80 bits per heavy atom. The molecule has 1 heterocycles. The molecule has 0 bridgehead atoms. The molecule has 2 aromatic carbocycles. The van der Waals surface area contributed by atoms with Gasteiger partial charge in [0.1, 0.15) is 6.54 Å². The number of alkyl halides is 3. The maximum atomic E-state index is 12.3. The molecule has 158 valence electrons. The second kappa shape index (κ2) is 8.89. The molecule has 1 N–H and O–H groups in total. The molecule has 3 rings (SSSR count). The van der Waals surface area contributed by atoms with Gasteiger partial charge < -0.3 is 19.7 Å². The van der Waals surface area contributed by atoms with Crippen molar-refractivity contribution in [3.63, 3.8) is 0 Å². The monoisotopic (exact) mass is 420 g/mol. The molecular formula is C21H19F3N2O4. The maximum absolute atomic E-state index is 12.3. The first-order valence-corrected chi connectivity index (χ1v) is 8.98. The van der Waals surface area contributed by atoms with Crippen LogP contribution in [-0.4, -0.2) is 43.3 Å². The molecule has 6 nitrogen and oxygen atoms in total. The van der Waals surface area contributed by atoms with Gasteiger partial charge in [0.05, 0.1) is 0 Å². The van der Waals surface area contributed by atoms with E-state index >= 15 is 0 Å². The van der Waals surface area contributed by atoms with Gasteiger partial charge in [-0.05, 0) is 41.5 Å². The van der Waals surface area contributed by atoms with Crippen LogP contribution in [0, 0.1) is 0 Å². The first kappa shape index (κ1) is 21.2. The molecule has 0 atom stereocenters. The number of halogens is 3. The van der Waals surface area contributed by atoms with Crippen LogP contribution < -0.4 is 14.8 Å². The molecule has 1 aliphatic rings. The maximum Gasteiger partial charge on any atom is 0.405 e. The topological polar surface area (TPSA) is 67.9 Å². The van der Waals surface area contributed by atoms with Crippen LogP contribution in [0.4, 0.5) is 13.2 Å². The molecule has 0 unspecified atom stereocenters. The summed E-state index contributed by atoms with van der Waals surface area (Å²) in [4.78, 5) is 25.5. The zero-order chi connectivity index (χ0) is 21.7. The highest BCUT2D eigenvalue weighted by Gasteiger charge is 2.27. The molecule has 0 radical (unpaired) electrons. The van der Waals surface area contributed by atoms with Gasteiger partial charge in [0.2, 0.25) is 12.7 Å². The van der Waals surface area contributed by atoms with Gasteiger partial charge >= 0.3 is 6.18 Å². The average Bonchev–Trinajstić information content (AvgIpc) is 3.18. The Morgan fingerprint density at radius 3 is 2.50 bits per heavy atom. The molecule has 0 saturated carbocycles. The highest BCUT2D eigenvalue weighted by Crippen LogP contribution is 2.32. The highest BCUT2D eigenvalue weighted by atomic mass is 19.4. The molecular weight excluding hydrogens is 401 g/mol. The molecule has 1 aliphatic heterocycles. The number of amides is 2. The van der Waals surface area contributed by atoms with Crippen LogP contribution in [0.15, 0.2) is 48.5 Å². The van der Waals surface area contributed by atoms with Crippen molar-refractivity contribution >= 4 is 17.9 Å². The lowest BCUT2D eigenvalue weighted by atomic mass is 10.1. The third kappa shape index (κ3) is 5.76. The second-order valence-electron chi connectivity index (χ2n) is 6.64. The number of benzene rings is 2. The van der Waals surface area contributed by atoms with Crippen LogP contribution in [0.3, 0.4) is 0 Å². The first-order chi connectivity index (χ1) is 14.2. The van der Waals surface area contributed by atoms with Crippen LogP contribution in [-0.2, 0) is 11.3 Å². The largest absolute Gasteiger partial charge is 0.454 e. The Balaban J connectivity index is 1.54. The van der Waals surface area contributed by atoms with Crippen molar-refractivity contribution in [2.75, 3.05) is 20.4 Å². The fourth-order valence-electron chi connectivity index (χ4n) is 2.71. The third-order valence-corrected chi connectivity index (χ3v) is 4.28. The van der Waals surface area contributed by atoms with E-state index in [1.165, 1.54) is 23.1 Å². The minimum Gasteiger partial charge on any atom is -0.454 e. The number of nitrogens with zero attached hydrogens (tertiary/aromatic N) is 1. The van der Waals surface area contributed by atoms with Crippen molar-refractivity contribution < 1.29 is 32.2 Å². The molecule has 0 spiro atoms. The number of carbonyl (C=O) groups excluding carboxylic acids is 2. The summed E-state index contributed by atoms with van der Waals surface area (Å²) in [7, 11) is 1.62. The molecule has 0 saturated heterocycles. The number of fused-ring (bicyclic) bond motifs is 1. The fourth-order valence-corrected chi connectivity index (χ4v) is 2.71. The van der Waals surface area contributed by atoms with Crippen molar-refractivity contribution in [3.8, 4) is 11.5 Å². The van der Waals surface area contributed by atoms with Crippen molar-refractivity contribution in [2.45, 2.75) is 12.7 Å². The Kier molecular flexibility index (Phi) is 6.29. The van der Waals surface area contributed by atoms with Crippen molar-refractivity contribution in [1.29, 1.82) is 0 Å². The number of hydrogen-bond acceptors (Lipinski definition) is 4. The minimum absolute atomic E-state index is 0.111. The van der Waals surface area contributed by atoms with Gasteiger partial charge in [0, 0.05) is 25.2 Å². The Hall–Kier alpha value is -3.49. The molecule has 0 aliphatic carbocycles. The number of likely N-dealkylation sites (N-methyl/N-ethyl adjacent to an activating group) is 1. The zero-order valence-corrected chi connectivity index (χ0v) is 16.0. The molecule has 0 fully saturated rings. The predicted molar refractivity (Wildman–Crippen MR) is 103 cm³/mol. The quantitative estimate of drug-likeness (QED) is 0.728. The van der Waals surface area contributed by atoms with E-state index in [1.807, 2.05) is 5.32 Å². The number of hydrogen-bond donors (Lipinski definition) is 1. The summed E-state index contributed by atoms with van der Waals surface area (Å²) in [6, 6.07) is 11.4. The van der Waals surface area contributed by atoms with E-state index in [-0.39, 0.29) is 24.8 Å². The van der Waals surface area contributed by atoms with Crippen LogP contribution >= 0.6 is 0 Å². The van der Waals surface area contributed by atoms with E-state index in [9.17, 15) is 22.8 Å². The van der Waals surface area contributed by atoms with Crippen LogP contribution in [0.2, 0.25) is 0 Å². The predicted octanol–water partition coefficient (Wildman–Crippen LogP) is 3.38. The summed E-state index contributed by atoms with van der Waals surface area (Å²) in [5.41, 5.74) is 1.63. The van der Waals surface area contributed by atoms with Crippen LogP contribution in [0.1, 0.15) is 21.5 Å². The van der Waals surface area contributed by atoms with Crippen molar-refractivity contribution in [1.82, 2.24) is 10.2 Å². The highest BCUT2D eigenvalue weighted by molar-refractivity contribution is 5.94. The summed E-state index contributed by atoms with van der Waals surface area (Å²) < 4.78 is 47.1. The van der Waals surface area contributed by atoms with Gasteiger partial charge in [0.15, 0.2) is 11.5 Å². The summed E-state index contributed by atoms with van der Waals surface area (Å²) in [5, 5.41) is 1.81. The second-order valence-corrected chi connectivity index (χ2v) is 6.64. The third-order valence-electron chi connectivity index (χ3n) is 4.28. The Labute approximate surface area is 170 Å². The molecule has 30 heavy (non-hydrogen) atoms. The van der Waals surface area contributed by atoms with Crippen LogP contribution in [0.25, 0.3) is 6.08 Å². The van der Waals surface area contributed by atoms with Crippen LogP contribution in [0.5, 0.6) is 11.5 Å². The SMILES string of the molecule is CN(Cc1ccc(C(=O)NCC(F)(F)F)cc1)C(=O)C=Cc1ccc2c(c1)OCO2. The fraction of sp³-hybridized carbons (Fsp3) is 0.238. The standard InChI is InChI=1S/C21H19F3N2O4/c1-26(19(27)9-5-14-4-8-17-18(10-14)30-13-29-17)11-15-2-6-16(7-3-15)20(28)25-12-21(22,23)24/h2-10H,11-13H2,1H3,(H,25,28). The summed E-state index contributed by atoms with van der Waals surface area (Å²) in [6.45, 7) is -0.942. The smallest absolute Gasteiger partial charge is 0.405 e. The number of ether oxygens (including phenoxy) is 2. The zero-order valence-electron chi connectivity index (χ0n) is 16.0. The van der Waals surface area contributed by atoms with E-state index in [0.717, 1.165) is 11.1 Å². The van der Waals surface area contributed by atoms with Crippen molar-refractivity contribution in [2.24, 2.45) is 0 Å². The van der Waals surface area contributed by atoms with E-state index in [1.54, 1.807) is 43.5 Å². The minimum atomic E-state index is -4.47. The van der Waals surface area contributed by atoms with Crippen molar-refractivity contribution in [3.05, 3.63) is 65.2 Å². The number of rotatable bonds is 6. The number of nitrogens with one attached hydrogen (secondary N) is 1. The van der Waals surface area contributed by atoms with Gasteiger partial charge in [-0.3, -0.25) is 9.59 Å². The van der Waals surface area contributed by atoms with Gasteiger partial charge in [-0.2, -0.15) is 13.2 Å². The lowest BCUT2D eigenvalue weighted by molar-refractivity contribution is -0.125. The van der Waals surface area contributed by atoms with E-state index in [4.69, 9.17) is 9.47 Å². The Morgan fingerprint density at radius 1 is 1.10 bits per heavy atom. The molecule has 2 aromatic rings. The molecule has 0 aromatic heterocycles. The Bertz CT molecular complexity index is 956. The summed E-state index contributed by atoms with van der Waals surface area (Å²) >= 11 is 0. The molecule has 2 amide bonds. The number of carbonyl (C=O) groups is 2.